The van der Waals surface area contributed by atoms with Crippen LogP contribution in [-0.4, -0.2) is 57.6 Å². The van der Waals surface area contributed by atoms with Crippen LogP contribution in [0.25, 0.3) is 4.85 Å². The topological polar surface area (TPSA) is 75.5 Å². The monoisotopic (exact) mass is 404 g/mol. The summed E-state index contributed by atoms with van der Waals surface area (Å²) in [6.45, 7) is 11.2. The number of carbonyl (C=O) groups is 2. The summed E-state index contributed by atoms with van der Waals surface area (Å²) in [6, 6.07) is 4.71. The van der Waals surface area contributed by atoms with Crippen molar-refractivity contribution in [3.05, 3.63) is 35.4 Å². The quantitative estimate of drug-likeness (QED) is 0.738. The van der Waals surface area contributed by atoms with Crippen molar-refractivity contribution in [2.24, 2.45) is 5.92 Å². The van der Waals surface area contributed by atoms with Gasteiger partial charge in [-0.15, -0.1) is 0 Å². The number of rotatable bonds is 6. The highest BCUT2D eigenvalue weighted by atomic mass is 19.1. The molecule has 0 bridgehead atoms. The molecule has 2 aliphatic heterocycles. The first kappa shape index (κ1) is 20.7. The third kappa shape index (κ3) is 5.08. The molecule has 0 unspecified atom stereocenters. The second-order valence-electron chi connectivity index (χ2n) is 7.12. The first-order chi connectivity index (χ1) is 14.0. The fraction of sp³-hybridized carbons (Fsp3) is 0.550. The van der Waals surface area contributed by atoms with E-state index in [1.165, 1.54) is 11.0 Å². The van der Waals surface area contributed by atoms with Gasteiger partial charge in [-0.2, -0.15) is 0 Å². The zero-order valence-electron chi connectivity index (χ0n) is 16.4. The number of benzene rings is 1. The first-order valence-electron chi connectivity index (χ1n) is 9.78. The molecule has 1 atom stereocenters. The van der Waals surface area contributed by atoms with E-state index in [1.54, 1.807) is 19.1 Å². The van der Waals surface area contributed by atoms with Gasteiger partial charge in [0.1, 0.15) is 11.9 Å². The highest BCUT2D eigenvalue weighted by Gasteiger charge is 2.33. The molecule has 29 heavy (non-hydrogen) atoms. The fourth-order valence-corrected chi connectivity index (χ4v) is 3.62. The van der Waals surface area contributed by atoms with E-state index in [-0.39, 0.29) is 19.7 Å². The number of anilines is 2. The Morgan fingerprint density at radius 2 is 2.17 bits per heavy atom. The standard InChI is InChI=1S/C20H25FN4O4/c1-3-28-19(26)23-12-16-13-25(20(27)29-16)15-4-5-18(17(21)10-15)24-8-6-14(7-9-24)11-22-2/h4-5,10,14,16H,3,6-9,11-13H2,1H3,(H,23,26)/t16-/m0/s1. The first-order valence-corrected chi connectivity index (χ1v) is 9.78. The van der Waals surface area contributed by atoms with Crippen LogP contribution in [0.15, 0.2) is 18.2 Å². The van der Waals surface area contributed by atoms with E-state index in [9.17, 15) is 14.0 Å². The lowest BCUT2D eigenvalue weighted by molar-refractivity contribution is 0.127. The van der Waals surface area contributed by atoms with Gasteiger partial charge in [-0.25, -0.2) is 20.6 Å². The molecule has 0 aromatic heterocycles. The summed E-state index contributed by atoms with van der Waals surface area (Å²) in [5.74, 6) is -0.0161. The zero-order valence-corrected chi connectivity index (χ0v) is 16.4. The van der Waals surface area contributed by atoms with Crippen molar-refractivity contribution in [3.8, 4) is 0 Å². The maximum atomic E-state index is 14.8. The molecule has 2 fully saturated rings. The minimum Gasteiger partial charge on any atom is -0.450 e. The normalized spacial score (nSPS) is 19.6. The van der Waals surface area contributed by atoms with Gasteiger partial charge in [0.15, 0.2) is 0 Å². The van der Waals surface area contributed by atoms with Crippen LogP contribution >= 0.6 is 0 Å². The van der Waals surface area contributed by atoms with Crippen molar-refractivity contribution in [3.63, 3.8) is 0 Å². The van der Waals surface area contributed by atoms with E-state index in [4.69, 9.17) is 16.0 Å². The van der Waals surface area contributed by atoms with Crippen molar-refractivity contribution in [2.45, 2.75) is 25.9 Å². The van der Waals surface area contributed by atoms with Crippen LogP contribution in [0.4, 0.5) is 25.4 Å². The average Bonchev–Trinajstić information content (AvgIpc) is 3.08. The van der Waals surface area contributed by atoms with E-state index in [0.717, 1.165) is 12.8 Å². The van der Waals surface area contributed by atoms with Gasteiger partial charge in [0.25, 0.3) is 0 Å². The second-order valence-corrected chi connectivity index (χ2v) is 7.12. The number of amides is 2. The summed E-state index contributed by atoms with van der Waals surface area (Å²) in [5, 5.41) is 2.53. The van der Waals surface area contributed by atoms with Crippen LogP contribution in [0.1, 0.15) is 19.8 Å². The number of nitrogens with zero attached hydrogens (tertiary/aromatic N) is 3. The second kappa shape index (κ2) is 9.45. The predicted molar refractivity (Wildman–Crippen MR) is 105 cm³/mol. The van der Waals surface area contributed by atoms with Crippen molar-refractivity contribution in [2.75, 3.05) is 49.1 Å². The van der Waals surface area contributed by atoms with Crippen molar-refractivity contribution >= 4 is 23.6 Å². The van der Waals surface area contributed by atoms with E-state index in [2.05, 4.69) is 10.2 Å². The lowest BCUT2D eigenvalue weighted by Gasteiger charge is -2.32. The Labute approximate surface area is 169 Å². The Kier molecular flexibility index (Phi) is 6.75. The summed E-state index contributed by atoms with van der Waals surface area (Å²) in [7, 11) is 0. The van der Waals surface area contributed by atoms with Crippen molar-refractivity contribution < 1.29 is 23.5 Å². The van der Waals surface area contributed by atoms with Gasteiger partial charge in [-0.3, -0.25) is 4.90 Å². The van der Waals surface area contributed by atoms with Gasteiger partial charge in [0.05, 0.1) is 31.1 Å². The Morgan fingerprint density at radius 3 is 2.83 bits per heavy atom. The molecular formula is C20H25FN4O4. The highest BCUT2D eigenvalue weighted by Crippen LogP contribution is 2.30. The number of hydrogen-bond donors (Lipinski definition) is 1. The van der Waals surface area contributed by atoms with Gasteiger partial charge in [0.2, 0.25) is 6.54 Å². The summed E-state index contributed by atoms with van der Waals surface area (Å²) in [4.78, 5) is 30.3. The van der Waals surface area contributed by atoms with Gasteiger partial charge in [-0.1, -0.05) is 0 Å². The zero-order chi connectivity index (χ0) is 20.8. The fourth-order valence-electron chi connectivity index (χ4n) is 3.62. The highest BCUT2D eigenvalue weighted by molar-refractivity contribution is 5.90. The Bertz CT molecular complexity index is 789. The molecule has 0 saturated carbocycles. The van der Waals surface area contributed by atoms with E-state index in [1.807, 2.05) is 4.90 Å². The number of carbonyl (C=O) groups excluding carboxylic acids is 2. The van der Waals surface area contributed by atoms with E-state index < -0.39 is 24.1 Å². The Morgan fingerprint density at radius 1 is 1.41 bits per heavy atom. The Hall–Kier alpha value is -3.02. The third-order valence-electron chi connectivity index (χ3n) is 5.17. The minimum atomic E-state index is -0.576. The van der Waals surface area contributed by atoms with Crippen molar-refractivity contribution in [1.82, 2.24) is 5.32 Å². The molecule has 1 aromatic carbocycles. The molecule has 8 nitrogen and oxygen atoms in total. The summed E-state index contributed by atoms with van der Waals surface area (Å²) in [5.41, 5.74) is 0.917. The maximum absolute atomic E-state index is 14.8. The summed E-state index contributed by atoms with van der Waals surface area (Å²) in [6.07, 6.45) is 0.0652. The molecule has 2 heterocycles. The smallest absolute Gasteiger partial charge is 0.414 e. The number of nitrogens with one attached hydrogen (secondary N) is 1. The van der Waals surface area contributed by atoms with E-state index >= 15 is 0 Å². The largest absolute Gasteiger partial charge is 0.450 e. The molecule has 3 rings (SSSR count). The number of piperidine rings is 1. The molecule has 0 spiro atoms. The number of hydrogen-bond acceptors (Lipinski definition) is 5. The molecule has 2 saturated heterocycles. The lowest BCUT2D eigenvalue weighted by Crippen LogP contribution is -2.35. The molecule has 9 heteroatoms. The van der Waals surface area contributed by atoms with Gasteiger partial charge >= 0.3 is 12.2 Å². The molecule has 1 aromatic rings. The number of alkyl carbamates (subject to hydrolysis) is 1. The summed E-state index contributed by atoms with van der Waals surface area (Å²) >= 11 is 0. The molecular weight excluding hydrogens is 379 g/mol. The number of ether oxygens (including phenoxy) is 2. The number of cyclic esters (lactones) is 1. The molecule has 0 radical (unpaired) electrons. The predicted octanol–water partition coefficient (Wildman–Crippen LogP) is 3.03. The molecule has 2 aliphatic rings. The SMILES string of the molecule is [C-]#[N+]CC1CCN(c2ccc(N3C[C@H](CNC(=O)OCC)OC3=O)cc2F)CC1. The van der Waals surface area contributed by atoms with E-state index in [0.29, 0.717) is 36.9 Å². The van der Waals surface area contributed by atoms with Crippen molar-refractivity contribution in [1.29, 1.82) is 0 Å². The maximum Gasteiger partial charge on any atom is 0.414 e. The van der Waals surface area contributed by atoms with Gasteiger partial charge in [0, 0.05) is 19.0 Å². The average molecular weight is 404 g/mol. The van der Waals surface area contributed by atoms with Crippen LogP contribution in [0.5, 0.6) is 0 Å². The van der Waals surface area contributed by atoms with Crippen LogP contribution in [0, 0.1) is 18.3 Å². The number of halogens is 1. The van der Waals surface area contributed by atoms with Crippen LogP contribution < -0.4 is 15.1 Å². The van der Waals surface area contributed by atoms with Crippen LogP contribution in [0.2, 0.25) is 0 Å². The molecule has 1 N–H and O–H groups in total. The molecule has 156 valence electrons. The summed E-state index contributed by atoms with van der Waals surface area (Å²) < 4.78 is 24.8. The minimum absolute atomic E-state index is 0.126. The van der Waals surface area contributed by atoms with Crippen LogP contribution in [-0.2, 0) is 9.47 Å². The third-order valence-corrected chi connectivity index (χ3v) is 5.17. The van der Waals surface area contributed by atoms with Gasteiger partial charge in [-0.05, 0) is 38.0 Å². The molecule has 2 amide bonds. The lowest BCUT2D eigenvalue weighted by atomic mass is 9.96. The molecule has 0 aliphatic carbocycles. The van der Waals surface area contributed by atoms with Crippen LogP contribution in [0.3, 0.4) is 0 Å². The Balaban J connectivity index is 1.59. The van der Waals surface area contributed by atoms with Gasteiger partial charge < -0.3 is 24.5 Å².